The first-order valence-corrected chi connectivity index (χ1v) is 22.2. The Bertz CT molecular complexity index is 2890. The molecule has 0 radical (unpaired) electrons. The number of amides is 5. The van der Waals surface area contributed by atoms with Crippen LogP contribution in [0.25, 0.3) is 16.6 Å². The van der Waals surface area contributed by atoms with Gasteiger partial charge in [0.15, 0.2) is 5.65 Å². The number of aromatic nitrogens is 5. The number of piperazine rings is 1. The van der Waals surface area contributed by atoms with Crippen molar-refractivity contribution in [3.63, 3.8) is 0 Å². The summed E-state index contributed by atoms with van der Waals surface area (Å²) < 4.78 is 1.68. The monoisotopic (exact) mass is 871 g/mol. The average Bonchev–Trinajstić information content (AvgIpc) is 3.89. The minimum absolute atomic E-state index is 0.0962. The summed E-state index contributed by atoms with van der Waals surface area (Å²) in [6, 6.07) is 19.5. The van der Waals surface area contributed by atoms with E-state index in [2.05, 4.69) is 57.6 Å². The number of carbonyl (C=O) groups is 5. The lowest BCUT2D eigenvalue weighted by molar-refractivity contribution is -0.137. The zero-order valence-electron chi connectivity index (χ0n) is 36.2. The topological polar surface area (TPSA) is 187 Å². The summed E-state index contributed by atoms with van der Waals surface area (Å²) in [4.78, 5) is 83.3. The molecule has 3 aliphatic rings. The maximum atomic E-state index is 13.4. The van der Waals surface area contributed by atoms with E-state index in [4.69, 9.17) is 0 Å². The summed E-state index contributed by atoms with van der Waals surface area (Å²) in [5.41, 5.74) is 6.74. The number of fused-ring (bicyclic) bond motifs is 3. The van der Waals surface area contributed by atoms with E-state index < -0.39 is 11.9 Å². The molecule has 9 rings (SSSR count). The first kappa shape index (κ1) is 42.8. The molecule has 2 fully saturated rings. The van der Waals surface area contributed by atoms with Gasteiger partial charge in [-0.3, -0.25) is 34.2 Å². The second-order valence-corrected chi connectivity index (χ2v) is 16.7. The van der Waals surface area contributed by atoms with Crippen LogP contribution in [0.1, 0.15) is 94.5 Å². The Hall–Kier alpha value is -7.51. The van der Waals surface area contributed by atoms with Crippen LogP contribution in [-0.2, 0) is 20.9 Å². The van der Waals surface area contributed by atoms with Gasteiger partial charge in [0.05, 0.1) is 11.7 Å². The molecule has 16 nitrogen and oxygen atoms in total. The first-order chi connectivity index (χ1) is 31.7. The van der Waals surface area contributed by atoms with Crippen molar-refractivity contribution in [3.05, 3.63) is 119 Å². The number of benzene rings is 3. The van der Waals surface area contributed by atoms with Crippen molar-refractivity contribution in [1.82, 2.24) is 39.7 Å². The van der Waals surface area contributed by atoms with Crippen LogP contribution in [0.3, 0.4) is 0 Å². The van der Waals surface area contributed by atoms with E-state index in [0.717, 1.165) is 92.7 Å². The lowest BCUT2D eigenvalue weighted by Crippen LogP contribution is -2.52. The number of imidazole rings is 1. The van der Waals surface area contributed by atoms with Gasteiger partial charge in [-0.25, -0.2) is 19.5 Å². The standard InChI is InChI=1S/C49H49N11O5/c1-32-13-14-34(27-33(32)15-17-36-29-50-43-11-8-21-53-60(36)43)47(63)54-35-16-18-38-41(28-35)51-31-52-46(38)58-25-23-57(24-26-58)22-6-4-2-3-5-12-44(61)55-40-10-7-9-37-39(40)30-59(49(37)65)42-19-20-45(62)56-48(42)64/h7-11,13-14,16,18,21,27-29,31,42H,2-6,12,19-20,22-26,30H2,1H3,(H,54,63)(H,55,61)(H,56,62,64). The SMILES string of the molecule is Cc1ccc(C(=O)Nc2ccc3c(N4CCN(CCCCCCCC(=O)Nc5cccc6c5CN(C5CCC(=O)NC5=O)C6=O)CC4)ncnc3c2)cc1C#Cc1cnc2cccnn12. The van der Waals surface area contributed by atoms with E-state index in [-0.39, 0.29) is 36.6 Å². The summed E-state index contributed by atoms with van der Waals surface area (Å²) in [7, 11) is 0. The molecular weight excluding hydrogens is 823 g/mol. The molecular formula is C49H49N11O5. The van der Waals surface area contributed by atoms with Crippen LogP contribution < -0.4 is 20.9 Å². The highest BCUT2D eigenvalue weighted by Gasteiger charge is 2.40. The number of piperidine rings is 1. The van der Waals surface area contributed by atoms with Crippen molar-refractivity contribution in [2.75, 3.05) is 48.3 Å². The van der Waals surface area contributed by atoms with Gasteiger partial charge in [0.25, 0.3) is 11.8 Å². The van der Waals surface area contributed by atoms with Crippen LogP contribution in [-0.4, -0.2) is 103 Å². The smallest absolute Gasteiger partial charge is 0.255 e. The van der Waals surface area contributed by atoms with Crippen LogP contribution >= 0.6 is 0 Å². The fourth-order valence-electron chi connectivity index (χ4n) is 8.77. The lowest BCUT2D eigenvalue weighted by atomic mass is 10.0. The summed E-state index contributed by atoms with van der Waals surface area (Å²) in [5, 5.41) is 13.6. The summed E-state index contributed by atoms with van der Waals surface area (Å²) in [6.45, 7) is 6.75. The van der Waals surface area contributed by atoms with Crippen molar-refractivity contribution in [2.24, 2.45) is 0 Å². The van der Waals surface area contributed by atoms with Crippen LogP contribution in [0.4, 0.5) is 17.2 Å². The lowest BCUT2D eigenvalue weighted by Gasteiger charge is -2.35. The van der Waals surface area contributed by atoms with Crippen molar-refractivity contribution in [2.45, 2.75) is 70.9 Å². The molecule has 0 spiro atoms. The van der Waals surface area contributed by atoms with Gasteiger partial charge in [-0.2, -0.15) is 5.10 Å². The third kappa shape index (κ3) is 9.56. The largest absolute Gasteiger partial charge is 0.353 e. The first-order valence-electron chi connectivity index (χ1n) is 22.2. The Morgan fingerprint density at radius 1 is 0.862 bits per heavy atom. The van der Waals surface area contributed by atoms with Crippen LogP contribution in [0, 0.1) is 18.8 Å². The molecule has 16 heteroatoms. The van der Waals surface area contributed by atoms with Crippen LogP contribution in [0.15, 0.2) is 85.5 Å². The van der Waals surface area contributed by atoms with Crippen molar-refractivity contribution >= 4 is 63.3 Å². The van der Waals surface area contributed by atoms with E-state index in [1.807, 2.05) is 43.3 Å². The maximum Gasteiger partial charge on any atom is 0.255 e. The molecule has 3 aromatic carbocycles. The zero-order valence-corrected chi connectivity index (χ0v) is 36.2. The summed E-state index contributed by atoms with van der Waals surface area (Å²) in [6.07, 6.45) is 10.8. The molecule has 3 N–H and O–H groups in total. The van der Waals surface area contributed by atoms with Crippen LogP contribution in [0.2, 0.25) is 0 Å². The Kier molecular flexibility index (Phi) is 12.6. The van der Waals surface area contributed by atoms with Gasteiger partial charge in [-0.15, -0.1) is 0 Å². The highest BCUT2D eigenvalue weighted by atomic mass is 16.2. The number of hydrogen-bond donors (Lipinski definition) is 3. The highest BCUT2D eigenvalue weighted by Crippen LogP contribution is 2.33. The molecule has 5 amide bonds. The molecule has 3 aliphatic heterocycles. The van der Waals surface area contributed by atoms with E-state index in [9.17, 15) is 24.0 Å². The Morgan fingerprint density at radius 3 is 2.57 bits per heavy atom. The molecule has 6 aromatic rings. The maximum absolute atomic E-state index is 13.4. The minimum atomic E-state index is -0.700. The fraction of sp³-hybridized carbons (Fsp3) is 0.327. The molecule has 0 aliphatic carbocycles. The zero-order chi connectivity index (χ0) is 44.9. The third-order valence-corrected chi connectivity index (χ3v) is 12.4. The molecule has 65 heavy (non-hydrogen) atoms. The normalized spacial score (nSPS) is 16.3. The van der Waals surface area contributed by atoms with Crippen LogP contribution in [0.5, 0.6) is 0 Å². The number of unbranched alkanes of at least 4 members (excludes halogenated alkanes) is 4. The summed E-state index contributed by atoms with van der Waals surface area (Å²) in [5.74, 6) is 5.83. The Morgan fingerprint density at radius 2 is 1.71 bits per heavy atom. The van der Waals surface area contributed by atoms with Gasteiger partial charge >= 0.3 is 0 Å². The number of hydrogen-bond acceptors (Lipinski definition) is 11. The van der Waals surface area contributed by atoms with E-state index in [1.165, 1.54) is 4.90 Å². The number of aryl methyl sites for hydroxylation is 1. The average molecular weight is 872 g/mol. The number of anilines is 3. The molecule has 1 atom stereocenters. The third-order valence-electron chi connectivity index (χ3n) is 12.4. The van der Waals surface area contributed by atoms with Crippen molar-refractivity contribution < 1.29 is 24.0 Å². The van der Waals surface area contributed by atoms with E-state index in [0.29, 0.717) is 52.2 Å². The highest BCUT2D eigenvalue weighted by molar-refractivity contribution is 6.07. The quantitative estimate of drug-likeness (QED) is 0.0757. The van der Waals surface area contributed by atoms with Crippen molar-refractivity contribution in [3.8, 4) is 11.8 Å². The number of nitrogens with zero attached hydrogens (tertiary/aromatic N) is 8. The fourth-order valence-corrected chi connectivity index (χ4v) is 8.77. The molecule has 3 aromatic heterocycles. The number of imide groups is 1. The van der Waals surface area contributed by atoms with Gasteiger partial charge in [0.2, 0.25) is 17.7 Å². The molecule has 0 saturated carbocycles. The molecule has 1 unspecified atom stereocenters. The summed E-state index contributed by atoms with van der Waals surface area (Å²) >= 11 is 0. The van der Waals surface area contributed by atoms with Crippen molar-refractivity contribution in [1.29, 1.82) is 0 Å². The number of nitrogens with one attached hydrogen (secondary N) is 3. The van der Waals surface area contributed by atoms with E-state index >= 15 is 0 Å². The van der Waals surface area contributed by atoms with E-state index in [1.54, 1.807) is 53.6 Å². The van der Waals surface area contributed by atoms with Gasteiger partial charge in [-0.05, 0) is 98.8 Å². The van der Waals surface area contributed by atoms with Gasteiger partial charge in [-0.1, -0.05) is 37.3 Å². The van der Waals surface area contributed by atoms with Gasteiger partial charge in [0, 0.05) is 90.8 Å². The minimum Gasteiger partial charge on any atom is -0.353 e. The Balaban J connectivity index is 0.697. The molecule has 2 saturated heterocycles. The predicted molar refractivity (Wildman–Crippen MR) is 245 cm³/mol. The molecule has 330 valence electrons. The molecule has 6 heterocycles. The number of carbonyl (C=O) groups excluding carboxylic acids is 5. The number of rotatable bonds is 13. The second kappa shape index (κ2) is 19.1. The molecule has 0 bridgehead atoms. The second-order valence-electron chi connectivity index (χ2n) is 16.7. The van der Waals surface area contributed by atoms with Gasteiger partial charge < -0.3 is 20.4 Å². The van der Waals surface area contributed by atoms with Gasteiger partial charge in [0.1, 0.15) is 23.9 Å². The predicted octanol–water partition coefficient (Wildman–Crippen LogP) is 5.50. The Labute approximate surface area is 375 Å².